The number of hydrogen-bond donors (Lipinski definition) is 2. The maximum Gasteiger partial charge on any atom is 0.261 e. The quantitative estimate of drug-likeness (QED) is 0.612. The highest BCUT2D eigenvalue weighted by Gasteiger charge is 2.23. The molecule has 1 aromatic heterocycles. The monoisotopic (exact) mass is 437 g/mol. The van der Waals surface area contributed by atoms with Crippen LogP contribution in [0.25, 0.3) is 0 Å². The number of amides is 1. The fourth-order valence-corrected chi connectivity index (χ4v) is 5.85. The van der Waals surface area contributed by atoms with Gasteiger partial charge in [-0.1, -0.05) is 30.3 Å². The number of anilines is 2. The molecule has 0 atom stereocenters. The average Bonchev–Trinajstić information content (AvgIpc) is 3.11. The van der Waals surface area contributed by atoms with Crippen molar-refractivity contribution in [3.63, 3.8) is 0 Å². The average molecular weight is 438 g/mol. The normalized spacial score (nSPS) is 13.2. The number of rotatable bonds is 5. The second-order valence-electron chi connectivity index (χ2n) is 6.95. The highest BCUT2D eigenvalue weighted by Crippen LogP contribution is 2.38. The van der Waals surface area contributed by atoms with Gasteiger partial charge in [0.1, 0.15) is 11.1 Å². The molecule has 1 amide bonds. The number of carbonyl (C=O) groups excluding carboxylic acids is 1. The first-order valence-electron chi connectivity index (χ1n) is 9.52. The molecular weight excluding hydrogens is 418 g/mol. The van der Waals surface area contributed by atoms with Crippen molar-refractivity contribution in [2.24, 2.45) is 0 Å². The standard InChI is InChI=1S/C22H19N3O3S2/c23-14-18-16-10-5-7-13-20(16)29-22(18)24-21(26)17-11-4-6-12-19(17)25-30(27,28)15-8-2-1-3-9-15/h1-4,6,8-9,11-12,25H,5,7,10,13H2,(H,24,26). The first-order valence-corrected chi connectivity index (χ1v) is 11.8. The molecule has 152 valence electrons. The van der Waals surface area contributed by atoms with Gasteiger partial charge in [-0.05, 0) is 55.5 Å². The lowest BCUT2D eigenvalue weighted by Gasteiger charge is -2.12. The lowest BCUT2D eigenvalue weighted by Crippen LogP contribution is -2.18. The number of carbonyl (C=O) groups is 1. The second kappa shape index (κ2) is 8.30. The topological polar surface area (TPSA) is 99.1 Å². The van der Waals surface area contributed by atoms with Gasteiger partial charge in [-0.25, -0.2) is 8.42 Å². The number of benzene rings is 2. The smallest absolute Gasteiger partial charge is 0.261 e. The van der Waals surface area contributed by atoms with E-state index in [2.05, 4.69) is 16.1 Å². The maximum atomic E-state index is 13.0. The van der Waals surface area contributed by atoms with Crippen LogP contribution >= 0.6 is 11.3 Å². The molecule has 2 N–H and O–H groups in total. The summed E-state index contributed by atoms with van der Waals surface area (Å²) < 4.78 is 27.9. The summed E-state index contributed by atoms with van der Waals surface area (Å²) in [4.78, 5) is 14.2. The van der Waals surface area contributed by atoms with Crippen LogP contribution in [0, 0.1) is 11.3 Å². The summed E-state index contributed by atoms with van der Waals surface area (Å²) in [5.41, 5.74) is 1.92. The number of sulfonamides is 1. The van der Waals surface area contributed by atoms with Crippen molar-refractivity contribution in [1.82, 2.24) is 0 Å². The largest absolute Gasteiger partial charge is 0.312 e. The van der Waals surface area contributed by atoms with Gasteiger partial charge in [-0.3, -0.25) is 9.52 Å². The number of thiophene rings is 1. The van der Waals surface area contributed by atoms with Crippen LogP contribution in [0.4, 0.5) is 10.7 Å². The molecule has 1 heterocycles. The predicted octanol–water partition coefficient (Wildman–Crippen LogP) is 4.55. The zero-order valence-electron chi connectivity index (χ0n) is 16.0. The third kappa shape index (κ3) is 3.95. The third-order valence-electron chi connectivity index (χ3n) is 4.98. The fraction of sp³-hybridized carbons (Fsp3) is 0.182. The van der Waals surface area contributed by atoms with Crippen molar-refractivity contribution >= 4 is 38.0 Å². The van der Waals surface area contributed by atoms with Crippen LogP contribution in [-0.4, -0.2) is 14.3 Å². The van der Waals surface area contributed by atoms with Crippen LogP contribution in [0.3, 0.4) is 0 Å². The van der Waals surface area contributed by atoms with Crippen LogP contribution in [0.1, 0.15) is 39.2 Å². The molecule has 0 spiro atoms. The summed E-state index contributed by atoms with van der Waals surface area (Å²) >= 11 is 1.43. The zero-order valence-corrected chi connectivity index (χ0v) is 17.6. The molecule has 3 aromatic rings. The molecule has 1 aliphatic carbocycles. The van der Waals surface area contributed by atoms with E-state index in [9.17, 15) is 18.5 Å². The minimum Gasteiger partial charge on any atom is -0.312 e. The van der Waals surface area contributed by atoms with Crippen molar-refractivity contribution < 1.29 is 13.2 Å². The molecule has 0 unspecified atom stereocenters. The zero-order chi connectivity index (χ0) is 21.1. The van der Waals surface area contributed by atoms with E-state index in [1.807, 2.05) is 0 Å². The van der Waals surface area contributed by atoms with Crippen molar-refractivity contribution in [2.45, 2.75) is 30.6 Å². The summed E-state index contributed by atoms with van der Waals surface area (Å²) in [7, 11) is -3.84. The first kappa shape index (κ1) is 20.1. The Morgan fingerprint density at radius 3 is 2.47 bits per heavy atom. The predicted molar refractivity (Wildman–Crippen MR) is 117 cm³/mol. The Kier molecular flexibility index (Phi) is 5.57. The lowest BCUT2D eigenvalue weighted by atomic mass is 9.96. The molecule has 0 fully saturated rings. The minimum atomic E-state index is -3.84. The number of para-hydroxylation sites is 1. The summed E-state index contributed by atoms with van der Waals surface area (Å²) in [6.45, 7) is 0. The number of fused-ring (bicyclic) bond motifs is 1. The van der Waals surface area contributed by atoms with Gasteiger partial charge in [-0.15, -0.1) is 11.3 Å². The van der Waals surface area contributed by atoms with Crippen molar-refractivity contribution in [3.8, 4) is 6.07 Å². The molecule has 0 bridgehead atoms. The van der Waals surface area contributed by atoms with Gasteiger partial charge in [0.2, 0.25) is 0 Å². The summed E-state index contributed by atoms with van der Waals surface area (Å²) in [6.07, 6.45) is 3.88. The second-order valence-corrected chi connectivity index (χ2v) is 9.73. The van der Waals surface area contributed by atoms with E-state index in [1.54, 1.807) is 42.5 Å². The Bertz CT molecular complexity index is 1240. The molecule has 6 nitrogen and oxygen atoms in total. The number of nitriles is 1. The van der Waals surface area contributed by atoms with Crippen LogP contribution in [0.5, 0.6) is 0 Å². The maximum absolute atomic E-state index is 13.0. The minimum absolute atomic E-state index is 0.109. The van der Waals surface area contributed by atoms with Crippen molar-refractivity contribution in [2.75, 3.05) is 10.0 Å². The van der Waals surface area contributed by atoms with Gasteiger partial charge in [-0.2, -0.15) is 5.26 Å². The highest BCUT2D eigenvalue weighted by molar-refractivity contribution is 7.92. The molecule has 0 saturated heterocycles. The van der Waals surface area contributed by atoms with Crippen molar-refractivity contribution in [3.05, 3.63) is 76.2 Å². The van der Waals surface area contributed by atoms with E-state index in [0.29, 0.717) is 10.6 Å². The fourth-order valence-electron chi connectivity index (χ4n) is 3.52. The van der Waals surface area contributed by atoms with Gasteiger partial charge in [0.15, 0.2) is 0 Å². The van der Waals surface area contributed by atoms with Gasteiger partial charge in [0.25, 0.3) is 15.9 Å². The lowest BCUT2D eigenvalue weighted by molar-refractivity contribution is 0.102. The molecule has 0 aliphatic heterocycles. The molecule has 30 heavy (non-hydrogen) atoms. The van der Waals surface area contributed by atoms with Crippen LogP contribution in [0.2, 0.25) is 0 Å². The van der Waals surface area contributed by atoms with Gasteiger partial charge < -0.3 is 5.32 Å². The van der Waals surface area contributed by atoms with E-state index in [4.69, 9.17) is 0 Å². The summed E-state index contributed by atoms with van der Waals surface area (Å²) in [5.74, 6) is -0.462. The third-order valence-corrected chi connectivity index (χ3v) is 7.57. The molecule has 8 heteroatoms. The van der Waals surface area contributed by atoms with E-state index >= 15 is 0 Å². The van der Waals surface area contributed by atoms with Crippen molar-refractivity contribution in [1.29, 1.82) is 5.26 Å². The Labute approximate surface area is 179 Å². The summed E-state index contributed by atoms with van der Waals surface area (Å²) in [6, 6.07) is 16.6. The molecule has 2 aromatic carbocycles. The number of hydrogen-bond acceptors (Lipinski definition) is 5. The van der Waals surface area contributed by atoms with Gasteiger partial charge in [0, 0.05) is 4.88 Å². The highest BCUT2D eigenvalue weighted by atomic mass is 32.2. The number of aryl methyl sites for hydroxylation is 1. The Morgan fingerprint density at radius 1 is 1.00 bits per heavy atom. The Balaban J connectivity index is 1.63. The molecular formula is C22H19N3O3S2. The van der Waals surface area contributed by atoms with Gasteiger partial charge >= 0.3 is 0 Å². The van der Waals surface area contributed by atoms with E-state index in [1.165, 1.54) is 23.5 Å². The summed E-state index contributed by atoms with van der Waals surface area (Å²) in [5, 5.41) is 12.9. The van der Waals surface area contributed by atoms with Crippen LogP contribution in [-0.2, 0) is 22.9 Å². The first-order chi connectivity index (χ1) is 14.5. The molecule has 1 aliphatic rings. The van der Waals surface area contributed by atoms with E-state index < -0.39 is 15.9 Å². The molecule has 0 radical (unpaired) electrons. The van der Waals surface area contributed by atoms with E-state index in [0.717, 1.165) is 36.1 Å². The Morgan fingerprint density at radius 2 is 1.70 bits per heavy atom. The van der Waals surface area contributed by atoms with Crippen LogP contribution in [0.15, 0.2) is 59.5 Å². The number of nitrogens with one attached hydrogen (secondary N) is 2. The van der Waals surface area contributed by atoms with Crippen LogP contribution < -0.4 is 10.0 Å². The van der Waals surface area contributed by atoms with E-state index in [-0.39, 0.29) is 16.1 Å². The Hall–Kier alpha value is -3.15. The molecule has 4 rings (SSSR count). The van der Waals surface area contributed by atoms with Gasteiger partial charge in [0.05, 0.1) is 21.7 Å². The number of nitrogens with zero attached hydrogens (tertiary/aromatic N) is 1. The SMILES string of the molecule is N#Cc1c(NC(=O)c2ccccc2NS(=O)(=O)c2ccccc2)sc2c1CCCC2. The molecule has 0 saturated carbocycles.